The number of hydrogen-bond donors (Lipinski definition) is 1. The lowest BCUT2D eigenvalue weighted by Crippen LogP contribution is -2.22. The molecule has 18 heavy (non-hydrogen) atoms. The fraction of sp³-hybridized carbons (Fsp3) is 0.667. The Morgan fingerprint density at radius 2 is 2.06 bits per heavy atom. The summed E-state index contributed by atoms with van der Waals surface area (Å²) in [5.74, 6) is 1.56. The molecule has 2 rings (SSSR count). The van der Waals surface area contributed by atoms with Crippen molar-refractivity contribution in [3.63, 3.8) is 0 Å². The first-order valence-electron chi connectivity index (χ1n) is 7.18. The van der Waals surface area contributed by atoms with Gasteiger partial charge in [-0.2, -0.15) is 0 Å². The summed E-state index contributed by atoms with van der Waals surface area (Å²) in [5.41, 5.74) is 1.30. The van der Waals surface area contributed by atoms with E-state index >= 15 is 0 Å². The van der Waals surface area contributed by atoms with Gasteiger partial charge in [0.2, 0.25) is 0 Å². The molecule has 1 aliphatic heterocycles. The number of pyridine rings is 1. The molecule has 3 heteroatoms. The van der Waals surface area contributed by atoms with E-state index in [1.165, 1.54) is 44.5 Å². The van der Waals surface area contributed by atoms with Gasteiger partial charge in [-0.05, 0) is 56.4 Å². The van der Waals surface area contributed by atoms with Crippen molar-refractivity contribution in [1.82, 2.24) is 9.88 Å². The number of likely N-dealkylation sites (tertiary alicyclic amines) is 1. The Kier molecular flexibility index (Phi) is 5.00. The summed E-state index contributed by atoms with van der Waals surface area (Å²) >= 11 is 0. The number of anilines is 1. The molecule has 1 saturated heterocycles. The van der Waals surface area contributed by atoms with E-state index < -0.39 is 0 Å². The second-order valence-electron chi connectivity index (χ2n) is 5.46. The molecular formula is C15H25N3. The lowest BCUT2D eigenvalue weighted by molar-refractivity contribution is 0.337. The molecule has 0 aliphatic carbocycles. The fourth-order valence-corrected chi connectivity index (χ4v) is 2.38. The minimum Gasteiger partial charge on any atom is -0.370 e. The maximum absolute atomic E-state index is 4.44. The summed E-state index contributed by atoms with van der Waals surface area (Å²) in [7, 11) is 0. The van der Waals surface area contributed by atoms with Gasteiger partial charge in [0.05, 0.1) is 0 Å². The van der Waals surface area contributed by atoms with Gasteiger partial charge in [0.15, 0.2) is 0 Å². The standard InChI is InChI=1S/C15H25N3/c1-13(2)14-6-7-15(17-12-14)16-8-5-11-18-9-3-4-10-18/h6-7,12-13H,3-5,8-11H2,1-2H3,(H,16,17). The number of hydrogen-bond acceptors (Lipinski definition) is 3. The van der Waals surface area contributed by atoms with Gasteiger partial charge in [-0.3, -0.25) is 0 Å². The third kappa shape index (κ3) is 3.98. The van der Waals surface area contributed by atoms with Crippen LogP contribution >= 0.6 is 0 Å². The first-order valence-corrected chi connectivity index (χ1v) is 7.18. The van der Waals surface area contributed by atoms with Crippen LogP contribution in [0.25, 0.3) is 0 Å². The van der Waals surface area contributed by atoms with Crippen LogP contribution in [0.15, 0.2) is 18.3 Å². The van der Waals surface area contributed by atoms with Crippen LogP contribution in [0.2, 0.25) is 0 Å². The van der Waals surface area contributed by atoms with E-state index in [-0.39, 0.29) is 0 Å². The summed E-state index contributed by atoms with van der Waals surface area (Å²) in [5, 5.41) is 3.40. The molecule has 0 radical (unpaired) electrons. The van der Waals surface area contributed by atoms with Crippen LogP contribution in [0, 0.1) is 0 Å². The van der Waals surface area contributed by atoms with Crippen LogP contribution in [0.4, 0.5) is 5.82 Å². The van der Waals surface area contributed by atoms with Crippen molar-refractivity contribution >= 4 is 5.82 Å². The van der Waals surface area contributed by atoms with E-state index in [2.05, 4.69) is 41.2 Å². The lowest BCUT2D eigenvalue weighted by atomic mass is 10.1. The van der Waals surface area contributed by atoms with Gasteiger partial charge in [0, 0.05) is 12.7 Å². The fourth-order valence-electron chi connectivity index (χ4n) is 2.38. The Hall–Kier alpha value is -1.09. The average molecular weight is 247 g/mol. The van der Waals surface area contributed by atoms with Crippen molar-refractivity contribution in [2.45, 2.75) is 39.0 Å². The van der Waals surface area contributed by atoms with Gasteiger partial charge in [0.25, 0.3) is 0 Å². The van der Waals surface area contributed by atoms with Gasteiger partial charge in [-0.15, -0.1) is 0 Å². The van der Waals surface area contributed by atoms with Crippen molar-refractivity contribution in [1.29, 1.82) is 0 Å². The molecule has 0 unspecified atom stereocenters. The molecule has 100 valence electrons. The summed E-state index contributed by atoms with van der Waals surface area (Å²) in [6.07, 6.45) is 5.94. The van der Waals surface area contributed by atoms with E-state index in [1.54, 1.807) is 0 Å². The maximum atomic E-state index is 4.44. The van der Waals surface area contributed by atoms with E-state index in [1.807, 2.05) is 6.20 Å². The molecule has 1 fully saturated rings. The third-order valence-electron chi connectivity index (χ3n) is 3.61. The van der Waals surface area contributed by atoms with Crippen molar-refractivity contribution < 1.29 is 0 Å². The predicted octanol–water partition coefficient (Wildman–Crippen LogP) is 3.10. The first kappa shape index (κ1) is 13.3. The van der Waals surface area contributed by atoms with E-state index in [0.29, 0.717) is 5.92 Å². The Balaban J connectivity index is 1.66. The summed E-state index contributed by atoms with van der Waals surface area (Å²) in [6.45, 7) is 9.21. The average Bonchev–Trinajstić information content (AvgIpc) is 2.88. The highest BCUT2D eigenvalue weighted by Gasteiger charge is 2.09. The van der Waals surface area contributed by atoms with Crippen LogP contribution in [-0.4, -0.2) is 36.1 Å². The maximum Gasteiger partial charge on any atom is 0.125 e. The van der Waals surface area contributed by atoms with Crippen molar-refractivity contribution in [2.75, 3.05) is 31.5 Å². The molecule has 0 atom stereocenters. The quantitative estimate of drug-likeness (QED) is 0.783. The normalized spacial score (nSPS) is 16.4. The van der Waals surface area contributed by atoms with E-state index in [9.17, 15) is 0 Å². The van der Waals surface area contributed by atoms with Crippen molar-refractivity contribution in [3.8, 4) is 0 Å². The first-order chi connectivity index (χ1) is 8.75. The van der Waals surface area contributed by atoms with Crippen LogP contribution < -0.4 is 5.32 Å². The van der Waals surface area contributed by atoms with Gasteiger partial charge in [0.1, 0.15) is 5.82 Å². The van der Waals surface area contributed by atoms with Crippen LogP contribution in [0.5, 0.6) is 0 Å². The zero-order chi connectivity index (χ0) is 12.8. The monoisotopic (exact) mass is 247 g/mol. The summed E-state index contributed by atoms with van der Waals surface area (Å²) in [6, 6.07) is 4.26. The molecule has 0 spiro atoms. The zero-order valence-electron chi connectivity index (χ0n) is 11.7. The Bertz CT molecular complexity index is 339. The number of aromatic nitrogens is 1. The van der Waals surface area contributed by atoms with Gasteiger partial charge < -0.3 is 10.2 Å². The highest BCUT2D eigenvalue weighted by atomic mass is 15.1. The molecule has 0 amide bonds. The third-order valence-corrected chi connectivity index (χ3v) is 3.61. The summed E-state index contributed by atoms with van der Waals surface area (Å²) < 4.78 is 0. The Morgan fingerprint density at radius 3 is 2.67 bits per heavy atom. The molecular weight excluding hydrogens is 222 g/mol. The van der Waals surface area contributed by atoms with Gasteiger partial charge >= 0.3 is 0 Å². The smallest absolute Gasteiger partial charge is 0.125 e. The minimum atomic E-state index is 0.557. The van der Waals surface area contributed by atoms with E-state index in [0.717, 1.165) is 12.4 Å². The molecule has 0 saturated carbocycles. The van der Waals surface area contributed by atoms with Crippen molar-refractivity contribution in [3.05, 3.63) is 23.9 Å². The molecule has 2 heterocycles. The number of nitrogens with one attached hydrogen (secondary N) is 1. The largest absolute Gasteiger partial charge is 0.370 e. The molecule has 1 aromatic rings. The van der Waals surface area contributed by atoms with E-state index in [4.69, 9.17) is 0 Å². The molecule has 0 aromatic carbocycles. The highest BCUT2D eigenvalue weighted by molar-refractivity contribution is 5.35. The molecule has 1 N–H and O–H groups in total. The SMILES string of the molecule is CC(C)c1ccc(NCCCN2CCCC2)nc1. The van der Waals surface area contributed by atoms with Gasteiger partial charge in [-0.1, -0.05) is 19.9 Å². The molecule has 3 nitrogen and oxygen atoms in total. The predicted molar refractivity (Wildman–Crippen MR) is 77.1 cm³/mol. The van der Waals surface area contributed by atoms with Crippen LogP contribution in [-0.2, 0) is 0 Å². The lowest BCUT2D eigenvalue weighted by Gasteiger charge is -2.14. The number of rotatable bonds is 6. The Labute approximate surface area is 111 Å². The minimum absolute atomic E-state index is 0.557. The van der Waals surface area contributed by atoms with Crippen LogP contribution in [0.3, 0.4) is 0 Å². The molecule has 1 aliphatic rings. The second kappa shape index (κ2) is 6.74. The molecule has 1 aromatic heterocycles. The highest BCUT2D eigenvalue weighted by Crippen LogP contribution is 2.14. The Morgan fingerprint density at radius 1 is 1.28 bits per heavy atom. The number of nitrogens with zero attached hydrogens (tertiary/aromatic N) is 2. The topological polar surface area (TPSA) is 28.2 Å². The van der Waals surface area contributed by atoms with Crippen LogP contribution in [0.1, 0.15) is 44.6 Å². The van der Waals surface area contributed by atoms with Gasteiger partial charge in [-0.25, -0.2) is 4.98 Å². The molecule has 0 bridgehead atoms. The zero-order valence-corrected chi connectivity index (χ0v) is 11.7. The van der Waals surface area contributed by atoms with Crippen molar-refractivity contribution in [2.24, 2.45) is 0 Å². The second-order valence-corrected chi connectivity index (χ2v) is 5.46. The summed E-state index contributed by atoms with van der Waals surface area (Å²) in [4.78, 5) is 7.00.